The highest BCUT2D eigenvalue weighted by Crippen LogP contribution is 2.19. The van der Waals surface area contributed by atoms with E-state index < -0.39 is 0 Å². The average Bonchev–Trinajstić information content (AvgIpc) is 2.65. The maximum absolute atomic E-state index is 6.03. The van der Waals surface area contributed by atoms with Crippen LogP contribution in [-0.2, 0) is 4.74 Å². The summed E-state index contributed by atoms with van der Waals surface area (Å²) in [6.45, 7) is 6.75. The number of piperidine rings is 1. The Bertz CT molecular complexity index is 182. The lowest BCUT2D eigenvalue weighted by atomic mass is 9.96. The molecule has 2 fully saturated rings. The van der Waals surface area contributed by atoms with E-state index in [0.717, 1.165) is 19.1 Å². The molecule has 2 aliphatic heterocycles. The average molecular weight is 212 g/mol. The lowest BCUT2D eigenvalue weighted by molar-refractivity contribution is 0.0816. The first-order valence-corrected chi connectivity index (χ1v) is 6.33. The van der Waals surface area contributed by atoms with Gasteiger partial charge in [0.1, 0.15) is 0 Å². The van der Waals surface area contributed by atoms with Gasteiger partial charge in [-0.1, -0.05) is 6.92 Å². The normalized spacial score (nSPS) is 38.4. The van der Waals surface area contributed by atoms with E-state index >= 15 is 0 Å². The fraction of sp³-hybridized carbons (Fsp3) is 1.00. The van der Waals surface area contributed by atoms with E-state index in [0.29, 0.717) is 12.1 Å². The number of ether oxygens (including phenoxy) is 1. The quantitative estimate of drug-likeness (QED) is 0.764. The molecule has 0 aromatic rings. The Kier molecular flexibility index (Phi) is 4.00. The van der Waals surface area contributed by atoms with Gasteiger partial charge in [-0.15, -0.1) is 0 Å². The molecule has 0 radical (unpaired) electrons. The van der Waals surface area contributed by atoms with Gasteiger partial charge in [0, 0.05) is 32.3 Å². The van der Waals surface area contributed by atoms with Gasteiger partial charge in [0.2, 0.25) is 0 Å². The molecule has 0 bridgehead atoms. The van der Waals surface area contributed by atoms with Crippen LogP contribution in [0.25, 0.3) is 0 Å². The van der Waals surface area contributed by atoms with E-state index in [1.807, 2.05) is 0 Å². The molecule has 3 heteroatoms. The van der Waals surface area contributed by atoms with Gasteiger partial charge in [-0.2, -0.15) is 0 Å². The predicted octanol–water partition coefficient (Wildman–Crippen LogP) is 1.22. The van der Waals surface area contributed by atoms with Crippen molar-refractivity contribution in [3.8, 4) is 0 Å². The minimum absolute atomic E-state index is 0.387. The third-order valence-corrected chi connectivity index (χ3v) is 3.56. The molecular weight excluding hydrogens is 188 g/mol. The summed E-state index contributed by atoms with van der Waals surface area (Å²) >= 11 is 0. The van der Waals surface area contributed by atoms with E-state index in [2.05, 4.69) is 11.8 Å². The van der Waals surface area contributed by atoms with E-state index in [1.54, 1.807) is 0 Å². The molecule has 3 nitrogen and oxygen atoms in total. The number of hydrogen-bond donors (Lipinski definition) is 1. The molecule has 2 rings (SSSR count). The Hall–Kier alpha value is -0.120. The second-order valence-electron chi connectivity index (χ2n) is 5.28. The first kappa shape index (κ1) is 11.4. The summed E-state index contributed by atoms with van der Waals surface area (Å²) in [7, 11) is 0. The molecule has 0 aromatic heterocycles. The molecule has 2 aliphatic rings. The number of rotatable bonds is 3. The third-order valence-electron chi connectivity index (χ3n) is 3.56. The highest BCUT2D eigenvalue weighted by molar-refractivity contribution is 4.80. The van der Waals surface area contributed by atoms with E-state index in [-0.39, 0.29) is 0 Å². The molecule has 2 N–H and O–H groups in total. The predicted molar refractivity (Wildman–Crippen MR) is 61.8 cm³/mol. The zero-order chi connectivity index (χ0) is 10.7. The first-order valence-electron chi connectivity index (χ1n) is 6.33. The van der Waals surface area contributed by atoms with Crippen molar-refractivity contribution in [2.24, 2.45) is 11.7 Å². The fourth-order valence-corrected chi connectivity index (χ4v) is 2.89. The Balaban J connectivity index is 1.69. The van der Waals surface area contributed by atoms with Gasteiger partial charge >= 0.3 is 0 Å². The third kappa shape index (κ3) is 3.44. The van der Waals surface area contributed by atoms with Crippen molar-refractivity contribution >= 4 is 0 Å². The SMILES string of the molecule is CC1CC(N)CN(CCC2CCCO2)C1. The van der Waals surface area contributed by atoms with Crippen molar-refractivity contribution in [2.75, 3.05) is 26.2 Å². The summed E-state index contributed by atoms with van der Waals surface area (Å²) in [6, 6.07) is 0.387. The number of likely N-dealkylation sites (tertiary alicyclic amines) is 1. The molecule has 3 unspecified atom stereocenters. The highest BCUT2D eigenvalue weighted by atomic mass is 16.5. The monoisotopic (exact) mass is 212 g/mol. The molecule has 0 aromatic carbocycles. The number of nitrogens with zero attached hydrogens (tertiary/aromatic N) is 1. The second-order valence-corrected chi connectivity index (χ2v) is 5.28. The van der Waals surface area contributed by atoms with Crippen LogP contribution in [0, 0.1) is 5.92 Å². The minimum atomic E-state index is 0.387. The lowest BCUT2D eigenvalue weighted by Gasteiger charge is -2.35. The molecular formula is C12H24N2O. The van der Waals surface area contributed by atoms with Gasteiger partial charge in [0.05, 0.1) is 6.10 Å². The summed E-state index contributed by atoms with van der Waals surface area (Å²) in [6.07, 6.45) is 5.42. The molecule has 0 saturated carbocycles. The first-order chi connectivity index (χ1) is 7.24. The van der Waals surface area contributed by atoms with Crippen LogP contribution in [0.1, 0.15) is 32.6 Å². The second kappa shape index (κ2) is 5.28. The van der Waals surface area contributed by atoms with Crippen LogP contribution >= 0.6 is 0 Å². The fourth-order valence-electron chi connectivity index (χ4n) is 2.89. The standard InChI is InChI=1S/C12H24N2O/c1-10-7-11(13)9-14(8-10)5-4-12-3-2-6-15-12/h10-12H,2-9,13H2,1H3. The highest BCUT2D eigenvalue weighted by Gasteiger charge is 2.23. The summed E-state index contributed by atoms with van der Waals surface area (Å²) < 4.78 is 5.64. The van der Waals surface area contributed by atoms with Crippen molar-refractivity contribution in [2.45, 2.75) is 44.8 Å². The maximum Gasteiger partial charge on any atom is 0.0588 e. The molecule has 0 aliphatic carbocycles. The summed E-state index contributed by atoms with van der Waals surface area (Å²) in [4.78, 5) is 2.51. The van der Waals surface area contributed by atoms with E-state index in [1.165, 1.54) is 38.8 Å². The summed E-state index contributed by atoms with van der Waals surface area (Å²) in [5, 5.41) is 0. The van der Waals surface area contributed by atoms with Gasteiger partial charge in [-0.05, 0) is 31.6 Å². The lowest BCUT2D eigenvalue weighted by Crippen LogP contribution is -2.46. The van der Waals surface area contributed by atoms with Crippen molar-refractivity contribution in [3.63, 3.8) is 0 Å². The zero-order valence-electron chi connectivity index (χ0n) is 9.82. The van der Waals surface area contributed by atoms with Crippen LogP contribution in [0.15, 0.2) is 0 Å². The summed E-state index contributed by atoms with van der Waals surface area (Å²) in [5.74, 6) is 0.762. The van der Waals surface area contributed by atoms with Crippen LogP contribution in [0.3, 0.4) is 0 Å². The van der Waals surface area contributed by atoms with Crippen LogP contribution in [0.2, 0.25) is 0 Å². The largest absolute Gasteiger partial charge is 0.378 e. The number of nitrogens with two attached hydrogens (primary N) is 1. The maximum atomic E-state index is 6.03. The van der Waals surface area contributed by atoms with Crippen LogP contribution in [0.5, 0.6) is 0 Å². The van der Waals surface area contributed by atoms with Crippen molar-refractivity contribution < 1.29 is 4.74 Å². The van der Waals surface area contributed by atoms with E-state index in [4.69, 9.17) is 10.5 Å². The van der Waals surface area contributed by atoms with E-state index in [9.17, 15) is 0 Å². The van der Waals surface area contributed by atoms with Gasteiger partial charge in [-0.3, -0.25) is 0 Å². The molecule has 3 atom stereocenters. The zero-order valence-corrected chi connectivity index (χ0v) is 9.82. The molecule has 2 saturated heterocycles. The van der Waals surface area contributed by atoms with Gasteiger partial charge in [0.25, 0.3) is 0 Å². The molecule has 0 amide bonds. The van der Waals surface area contributed by atoms with Crippen molar-refractivity contribution in [3.05, 3.63) is 0 Å². The minimum Gasteiger partial charge on any atom is -0.378 e. The smallest absolute Gasteiger partial charge is 0.0588 e. The topological polar surface area (TPSA) is 38.5 Å². The number of hydrogen-bond acceptors (Lipinski definition) is 3. The van der Waals surface area contributed by atoms with Gasteiger partial charge in [0.15, 0.2) is 0 Å². The van der Waals surface area contributed by atoms with Crippen LogP contribution in [-0.4, -0.2) is 43.3 Å². The summed E-state index contributed by atoms with van der Waals surface area (Å²) in [5.41, 5.74) is 6.03. The Morgan fingerprint density at radius 2 is 2.27 bits per heavy atom. The van der Waals surface area contributed by atoms with Crippen molar-refractivity contribution in [1.29, 1.82) is 0 Å². The Morgan fingerprint density at radius 1 is 1.40 bits per heavy atom. The van der Waals surface area contributed by atoms with Gasteiger partial charge < -0.3 is 15.4 Å². The molecule has 88 valence electrons. The van der Waals surface area contributed by atoms with Gasteiger partial charge in [-0.25, -0.2) is 0 Å². The Morgan fingerprint density at radius 3 is 2.93 bits per heavy atom. The van der Waals surface area contributed by atoms with Crippen molar-refractivity contribution in [1.82, 2.24) is 4.90 Å². The van der Waals surface area contributed by atoms with Crippen LogP contribution in [0.4, 0.5) is 0 Å². The van der Waals surface area contributed by atoms with Crippen LogP contribution < -0.4 is 5.73 Å². The molecule has 0 spiro atoms. The Labute approximate surface area is 93.0 Å². The molecule has 2 heterocycles. The molecule has 15 heavy (non-hydrogen) atoms.